The molecular weight excluding hydrogens is 308 g/mol. The first-order valence-corrected chi connectivity index (χ1v) is 8.36. The van der Waals surface area contributed by atoms with Gasteiger partial charge in [-0.25, -0.2) is 13.1 Å². The number of rotatable bonds is 9. The van der Waals surface area contributed by atoms with Crippen molar-refractivity contribution in [3.63, 3.8) is 0 Å². The van der Waals surface area contributed by atoms with Crippen LogP contribution in [-0.2, 0) is 19.6 Å². The molecule has 2 N–H and O–H groups in total. The number of benzene rings is 1. The number of ether oxygens (including phenoxy) is 2. The third-order valence-electron chi connectivity index (χ3n) is 2.88. The van der Waals surface area contributed by atoms with Crippen LogP contribution in [-0.4, -0.2) is 47.7 Å². The SMILES string of the molecule is CNC(=O)[C@@H](C)Oc1ccc(S(=O)(=O)NCCCOC)cc1. The fourth-order valence-corrected chi connectivity index (χ4v) is 2.74. The zero-order valence-corrected chi connectivity index (χ0v) is 13.8. The lowest BCUT2D eigenvalue weighted by Gasteiger charge is -2.13. The Hall–Kier alpha value is -1.64. The van der Waals surface area contributed by atoms with Gasteiger partial charge >= 0.3 is 0 Å². The molecule has 0 bridgehead atoms. The Labute approximate surface area is 131 Å². The summed E-state index contributed by atoms with van der Waals surface area (Å²) in [5, 5.41) is 2.47. The Morgan fingerprint density at radius 2 is 1.91 bits per heavy atom. The van der Waals surface area contributed by atoms with Crippen LogP contribution in [0.25, 0.3) is 0 Å². The minimum Gasteiger partial charge on any atom is -0.481 e. The number of hydrogen-bond donors (Lipinski definition) is 2. The molecule has 0 saturated carbocycles. The van der Waals surface area contributed by atoms with E-state index in [4.69, 9.17) is 9.47 Å². The zero-order chi connectivity index (χ0) is 16.6. The number of carbonyl (C=O) groups is 1. The lowest BCUT2D eigenvalue weighted by atomic mass is 10.3. The predicted octanol–water partition coefficient (Wildman–Crippen LogP) is 0.515. The van der Waals surface area contributed by atoms with Gasteiger partial charge in [0.2, 0.25) is 10.0 Å². The van der Waals surface area contributed by atoms with E-state index < -0.39 is 16.1 Å². The summed E-state index contributed by atoms with van der Waals surface area (Å²) in [6.07, 6.45) is -0.0553. The maximum Gasteiger partial charge on any atom is 0.260 e. The second-order valence-electron chi connectivity index (χ2n) is 4.59. The summed E-state index contributed by atoms with van der Waals surface area (Å²) in [6.45, 7) is 2.41. The first-order chi connectivity index (χ1) is 10.4. The Kier molecular flexibility index (Phi) is 7.30. The van der Waals surface area contributed by atoms with E-state index in [0.29, 0.717) is 25.3 Å². The zero-order valence-electron chi connectivity index (χ0n) is 13.0. The van der Waals surface area contributed by atoms with E-state index in [1.165, 1.54) is 31.3 Å². The first kappa shape index (κ1) is 18.4. The van der Waals surface area contributed by atoms with Crippen molar-refractivity contribution in [2.24, 2.45) is 0 Å². The van der Waals surface area contributed by atoms with Crippen LogP contribution < -0.4 is 14.8 Å². The molecule has 8 heteroatoms. The van der Waals surface area contributed by atoms with Crippen molar-refractivity contribution in [2.75, 3.05) is 27.3 Å². The van der Waals surface area contributed by atoms with Crippen molar-refractivity contribution in [3.8, 4) is 5.75 Å². The Morgan fingerprint density at radius 1 is 1.27 bits per heavy atom. The summed E-state index contributed by atoms with van der Waals surface area (Å²) in [5.41, 5.74) is 0. The van der Waals surface area contributed by atoms with Gasteiger partial charge in [-0.15, -0.1) is 0 Å². The van der Waals surface area contributed by atoms with Gasteiger partial charge in [0.05, 0.1) is 4.90 Å². The quantitative estimate of drug-likeness (QED) is 0.644. The molecule has 1 aromatic rings. The predicted molar refractivity (Wildman–Crippen MR) is 82.3 cm³/mol. The van der Waals surface area contributed by atoms with Crippen LogP contribution in [0.3, 0.4) is 0 Å². The largest absolute Gasteiger partial charge is 0.481 e. The third kappa shape index (κ3) is 5.63. The Balaban J connectivity index is 2.65. The fourth-order valence-electron chi connectivity index (χ4n) is 1.66. The molecular formula is C14H22N2O5S. The van der Waals surface area contributed by atoms with Crippen LogP contribution in [0.5, 0.6) is 5.75 Å². The molecule has 7 nitrogen and oxygen atoms in total. The van der Waals surface area contributed by atoms with Crippen LogP contribution in [0.4, 0.5) is 0 Å². The van der Waals surface area contributed by atoms with Gasteiger partial charge in [-0.1, -0.05) is 0 Å². The highest BCUT2D eigenvalue weighted by molar-refractivity contribution is 7.89. The van der Waals surface area contributed by atoms with E-state index in [0.717, 1.165) is 0 Å². The molecule has 1 amide bonds. The second kappa shape index (κ2) is 8.72. The highest BCUT2D eigenvalue weighted by Gasteiger charge is 2.15. The molecule has 0 aliphatic heterocycles. The van der Waals surface area contributed by atoms with E-state index >= 15 is 0 Å². The van der Waals surface area contributed by atoms with Crippen molar-refractivity contribution in [2.45, 2.75) is 24.3 Å². The molecule has 0 spiro atoms. The van der Waals surface area contributed by atoms with Gasteiger partial charge in [0.15, 0.2) is 6.10 Å². The van der Waals surface area contributed by atoms with E-state index in [1.807, 2.05) is 0 Å². The molecule has 1 atom stereocenters. The Bertz CT molecular complexity index is 571. The van der Waals surface area contributed by atoms with Gasteiger partial charge in [0, 0.05) is 27.3 Å². The van der Waals surface area contributed by atoms with Crippen molar-refractivity contribution < 1.29 is 22.7 Å². The average molecular weight is 330 g/mol. The third-order valence-corrected chi connectivity index (χ3v) is 4.36. The number of hydrogen-bond acceptors (Lipinski definition) is 5. The molecule has 0 aliphatic carbocycles. The van der Waals surface area contributed by atoms with Gasteiger partial charge in [-0.2, -0.15) is 0 Å². The van der Waals surface area contributed by atoms with Crippen LogP contribution in [0.15, 0.2) is 29.2 Å². The number of nitrogens with one attached hydrogen (secondary N) is 2. The summed E-state index contributed by atoms with van der Waals surface area (Å²) >= 11 is 0. The summed E-state index contributed by atoms with van der Waals surface area (Å²) in [7, 11) is -0.464. The molecule has 0 heterocycles. The number of amides is 1. The molecule has 1 aromatic carbocycles. The minimum absolute atomic E-state index is 0.143. The van der Waals surface area contributed by atoms with E-state index in [1.54, 1.807) is 14.0 Å². The van der Waals surface area contributed by atoms with E-state index in [2.05, 4.69) is 10.0 Å². The molecule has 1 rings (SSSR count). The molecule has 0 aliphatic rings. The average Bonchev–Trinajstić information content (AvgIpc) is 2.51. The fraction of sp³-hybridized carbons (Fsp3) is 0.500. The molecule has 0 saturated heterocycles. The normalized spacial score (nSPS) is 12.7. The number of carbonyl (C=O) groups excluding carboxylic acids is 1. The van der Waals surface area contributed by atoms with Gasteiger partial charge in [0.1, 0.15) is 5.75 Å². The second-order valence-corrected chi connectivity index (χ2v) is 6.36. The van der Waals surface area contributed by atoms with Gasteiger partial charge in [0.25, 0.3) is 5.91 Å². The number of sulfonamides is 1. The molecule has 0 unspecified atom stereocenters. The number of methoxy groups -OCH3 is 1. The van der Waals surface area contributed by atoms with Gasteiger partial charge in [-0.3, -0.25) is 4.79 Å². The van der Waals surface area contributed by atoms with Crippen LogP contribution in [0, 0.1) is 0 Å². The molecule has 0 fully saturated rings. The van der Waals surface area contributed by atoms with Gasteiger partial charge in [-0.05, 0) is 37.6 Å². The van der Waals surface area contributed by atoms with Crippen molar-refractivity contribution in [1.82, 2.24) is 10.0 Å². The van der Waals surface area contributed by atoms with Crippen molar-refractivity contribution >= 4 is 15.9 Å². The maximum atomic E-state index is 12.0. The van der Waals surface area contributed by atoms with Crippen LogP contribution >= 0.6 is 0 Å². The van der Waals surface area contributed by atoms with Crippen LogP contribution in [0.2, 0.25) is 0 Å². The monoisotopic (exact) mass is 330 g/mol. The first-order valence-electron chi connectivity index (χ1n) is 6.87. The van der Waals surface area contributed by atoms with E-state index in [9.17, 15) is 13.2 Å². The van der Waals surface area contributed by atoms with Gasteiger partial charge < -0.3 is 14.8 Å². The highest BCUT2D eigenvalue weighted by atomic mass is 32.2. The van der Waals surface area contributed by atoms with Crippen LogP contribution in [0.1, 0.15) is 13.3 Å². The maximum absolute atomic E-state index is 12.0. The molecule has 0 aromatic heterocycles. The van der Waals surface area contributed by atoms with Crippen molar-refractivity contribution in [3.05, 3.63) is 24.3 Å². The summed E-state index contributed by atoms with van der Waals surface area (Å²) in [6, 6.07) is 5.90. The Morgan fingerprint density at radius 3 is 2.45 bits per heavy atom. The topological polar surface area (TPSA) is 93.7 Å². The highest BCUT2D eigenvalue weighted by Crippen LogP contribution is 2.17. The van der Waals surface area contributed by atoms with E-state index in [-0.39, 0.29) is 10.8 Å². The smallest absolute Gasteiger partial charge is 0.260 e. The van der Waals surface area contributed by atoms with Crippen molar-refractivity contribution in [1.29, 1.82) is 0 Å². The minimum atomic E-state index is -3.55. The molecule has 0 radical (unpaired) electrons. The molecule has 22 heavy (non-hydrogen) atoms. The summed E-state index contributed by atoms with van der Waals surface area (Å²) < 4.78 is 36.8. The number of likely N-dealkylation sites (N-methyl/N-ethyl adjacent to an activating group) is 1. The summed E-state index contributed by atoms with van der Waals surface area (Å²) in [4.78, 5) is 11.5. The lowest BCUT2D eigenvalue weighted by molar-refractivity contribution is -0.126. The molecule has 124 valence electrons. The lowest BCUT2D eigenvalue weighted by Crippen LogP contribution is -2.33. The summed E-state index contributed by atoms with van der Waals surface area (Å²) in [5.74, 6) is 0.172. The standard InChI is InChI=1S/C14H22N2O5S/c1-11(14(17)15-2)21-12-5-7-13(8-6-12)22(18,19)16-9-4-10-20-3/h5-8,11,16H,4,9-10H2,1-3H3,(H,15,17)/t11-/m1/s1.